The Balaban J connectivity index is 2.01. The summed E-state index contributed by atoms with van der Waals surface area (Å²) in [5.41, 5.74) is 16.6. The predicted octanol–water partition coefficient (Wildman–Crippen LogP) is 2.36. The van der Waals surface area contributed by atoms with E-state index in [1.165, 1.54) is 10.8 Å². The highest BCUT2D eigenvalue weighted by Crippen LogP contribution is 2.38. The molecule has 0 saturated carbocycles. The highest BCUT2D eigenvalue weighted by molar-refractivity contribution is 9.10. The fourth-order valence-electron chi connectivity index (χ4n) is 4.66. The lowest BCUT2D eigenvalue weighted by atomic mass is 10.0. The fourth-order valence-corrected chi connectivity index (χ4v) is 5.38. The molecule has 5 nitrogen and oxygen atoms in total. The first-order valence-electron chi connectivity index (χ1n) is 9.89. The van der Waals surface area contributed by atoms with Crippen molar-refractivity contribution < 1.29 is 4.74 Å². The molecule has 152 valence electrons. The van der Waals surface area contributed by atoms with E-state index in [-0.39, 0.29) is 0 Å². The van der Waals surface area contributed by atoms with E-state index in [4.69, 9.17) is 16.2 Å². The van der Waals surface area contributed by atoms with Gasteiger partial charge < -0.3 is 16.2 Å². The van der Waals surface area contributed by atoms with Crippen LogP contribution in [0.3, 0.4) is 0 Å². The van der Waals surface area contributed by atoms with Crippen LogP contribution in [0.4, 0.5) is 11.4 Å². The van der Waals surface area contributed by atoms with E-state index >= 15 is 0 Å². The number of benzene rings is 3. The number of hydrogen-bond donors (Lipinski definition) is 2. The summed E-state index contributed by atoms with van der Waals surface area (Å²) in [4.78, 5) is 0. The quantitative estimate of drug-likeness (QED) is 0.499. The van der Waals surface area contributed by atoms with Crippen LogP contribution < -0.4 is 36.1 Å². The van der Waals surface area contributed by atoms with Crippen molar-refractivity contribution >= 4 is 43.2 Å². The van der Waals surface area contributed by atoms with Crippen LogP contribution in [0, 0.1) is 10.4 Å². The Hall–Kier alpha value is -2.06. The number of ether oxygens (including phenoxy) is 1. The van der Waals surface area contributed by atoms with Crippen molar-refractivity contribution in [3.63, 3.8) is 0 Å². The fraction of sp³-hybridized carbons (Fsp3) is 0.217. The highest BCUT2D eigenvalue weighted by Gasteiger charge is 2.37. The van der Waals surface area contributed by atoms with Crippen LogP contribution in [0.2, 0.25) is 0 Å². The summed E-state index contributed by atoms with van der Waals surface area (Å²) in [6, 6.07) is 15.1. The number of rotatable bonds is 5. The van der Waals surface area contributed by atoms with E-state index in [0.29, 0.717) is 26.2 Å². The lowest BCUT2D eigenvalue weighted by molar-refractivity contribution is 0.403. The largest absolute Gasteiger partial charge is 0.486 e. The average Bonchev–Trinajstić information content (AvgIpc) is 3.20. The van der Waals surface area contributed by atoms with Crippen LogP contribution in [0.5, 0.6) is 5.75 Å². The van der Waals surface area contributed by atoms with Crippen LogP contribution >= 0.6 is 31.9 Å². The van der Waals surface area contributed by atoms with E-state index < -0.39 is 0 Å². The molecule has 0 aromatic heterocycles. The topological polar surface area (TPSA) is 67.3 Å². The zero-order valence-electron chi connectivity index (χ0n) is 16.6. The molecule has 4 N–H and O–H groups in total. The second kappa shape index (κ2) is 7.57. The van der Waals surface area contributed by atoms with Gasteiger partial charge in [0.15, 0.2) is 13.1 Å². The van der Waals surface area contributed by atoms with Gasteiger partial charge in [0.2, 0.25) is 11.0 Å². The van der Waals surface area contributed by atoms with E-state index in [9.17, 15) is 0 Å². The monoisotopic (exact) mass is 528 g/mol. The molecule has 0 radical (unpaired) electrons. The molecule has 2 aliphatic rings. The second-order valence-electron chi connectivity index (χ2n) is 7.41. The standard InChI is InChI=1S/C23H22Br2N4O/c1-30-23-21-17(15-10-13(24)2-4-19(15)28(21)8-6-26)12-18-16-11-14(25)3-5-20(16)29(9-7-27)22(18)23/h2-5,10-12H,6-9,26-27H2,1H3/q+2. The van der Waals surface area contributed by atoms with Gasteiger partial charge in [-0.2, -0.15) is 9.15 Å². The van der Waals surface area contributed by atoms with E-state index in [2.05, 4.69) is 83.5 Å². The van der Waals surface area contributed by atoms with Crippen LogP contribution in [0.1, 0.15) is 0 Å². The normalized spacial score (nSPS) is 13.2. The minimum atomic E-state index is 0.550. The molecule has 0 saturated heterocycles. The van der Waals surface area contributed by atoms with Crippen LogP contribution in [0.25, 0.3) is 11.1 Å². The summed E-state index contributed by atoms with van der Waals surface area (Å²) in [6.07, 6.45) is 0. The molecule has 3 aromatic rings. The lowest BCUT2D eigenvalue weighted by Crippen LogP contribution is -2.32. The van der Waals surface area contributed by atoms with E-state index in [1.807, 2.05) is 0 Å². The smallest absolute Gasteiger partial charge is 0.265 e. The summed E-state index contributed by atoms with van der Waals surface area (Å²) in [6.45, 7) is 2.53. The lowest BCUT2D eigenvalue weighted by Gasteiger charge is -2.05. The van der Waals surface area contributed by atoms with Crippen molar-refractivity contribution in [2.45, 2.75) is 0 Å². The minimum absolute atomic E-state index is 0.550. The van der Waals surface area contributed by atoms with Gasteiger partial charge in [-0.1, -0.05) is 31.9 Å². The Morgan fingerprint density at radius 2 is 1.53 bits per heavy atom. The number of nitrogens with zero attached hydrogens (tertiary/aromatic N) is 2. The van der Waals surface area contributed by atoms with Crippen molar-refractivity contribution in [2.24, 2.45) is 11.5 Å². The van der Waals surface area contributed by atoms with Crippen LogP contribution in [0.15, 0.2) is 51.4 Å². The van der Waals surface area contributed by atoms with Gasteiger partial charge in [-0.15, -0.1) is 0 Å². The molecule has 2 heterocycles. The van der Waals surface area contributed by atoms with Crippen LogP contribution in [-0.4, -0.2) is 33.3 Å². The maximum absolute atomic E-state index is 6.09. The van der Waals surface area contributed by atoms with Gasteiger partial charge in [0.25, 0.3) is 16.8 Å². The zero-order valence-corrected chi connectivity index (χ0v) is 19.8. The molecule has 0 amide bonds. The SMILES string of the molecule is COc1c2c(cc3c1=[N+](CCN)c1ccc(Br)cc1-3)=c1cc(Br)ccc1=[N+]2CCN. The predicted molar refractivity (Wildman–Crippen MR) is 127 cm³/mol. The van der Waals surface area contributed by atoms with Crippen LogP contribution in [-0.2, 0) is 0 Å². The molecule has 0 spiro atoms. The molecule has 0 aliphatic carbocycles. The summed E-state index contributed by atoms with van der Waals surface area (Å²) in [5.74, 6) is 0.865. The van der Waals surface area contributed by atoms with Gasteiger partial charge >= 0.3 is 0 Å². The molecule has 0 bridgehead atoms. The molecule has 7 heteroatoms. The molecule has 0 fully saturated rings. The van der Waals surface area contributed by atoms with E-state index in [0.717, 1.165) is 47.6 Å². The molecule has 5 rings (SSSR count). The Bertz CT molecular complexity index is 1430. The third-order valence-electron chi connectivity index (χ3n) is 5.76. The molecule has 2 aliphatic heterocycles. The maximum atomic E-state index is 6.09. The summed E-state index contributed by atoms with van der Waals surface area (Å²) < 4.78 is 12.7. The van der Waals surface area contributed by atoms with Crippen molar-refractivity contribution in [3.05, 3.63) is 72.6 Å². The number of hydrogen-bond acceptors (Lipinski definition) is 3. The Kier molecular flexibility index (Phi) is 5.01. The van der Waals surface area contributed by atoms with Gasteiger partial charge in [-0.3, -0.25) is 0 Å². The molecule has 30 heavy (non-hydrogen) atoms. The first-order chi connectivity index (χ1) is 14.6. The van der Waals surface area contributed by atoms with E-state index in [1.54, 1.807) is 7.11 Å². The minimum Gasteiger partial charge on any atom is -0.486 e. The first kappa shape index (κ1) is 19.9. The number of halogens is 2. The Morgan fingerprint density at radius 3 is 2.27 bits per heavy atom. The third-order valence-corrected chi connectivity index (χ3v) is 6.74. The van der Waals surface area contributed by atoms with Crippen molar-refractivity contribution in [1.29, 1.82) is 0 Å². The van der Waals surface area contributed by atoms with Gasteiger partial charge in [0, 0.05) is 21.1 Å². The third kappa shape index (κ3) is 2.80. The first-order valence-corrected chi connectivity index (χ1v) is 11.5. The second-order valence-corrected chi connectivity index (χ2v) is 9.24. The summed E-state index contributed by atoms with van der Waals surface area (Å²) in [5, 5.41) is 4.57. The van der Waals surface area contributed by atoms with Crippen molar-refractivity contribution in [3.8, 4) is 16.9 Å². The zero-order chi connectivity index (χ0) is 21.0. The summed E-state index contributed by atoms with van der Waals surface area (Å²) >= 11 is 7.27. The van der Waals surface area contributed by atoms with Gasteiger partial charge in [-0.05, 0) is 30.3 Å². The van der Waals surface area contributed by atoms with Crippen molar-refractivity contribution in [1.82, 2.24) is 9.15 Å². The highest BCUT2D eigenvalue weighted by atomic mass is 79.9. The molecular weight excluding hydrogens is 508 g/mol. The number of fused-ring (bicyclic) bond motifs is 5. The maximum Gasteiger partial charge on any atom is 0.265 e. The van der Waals surface area contributed by atoms with Gasteiger partial charge in [0.05, 0.1) is 41.8 Å². The van der Waals surface area contributed by atoms with Crippen molar-refractivity contribution in [2.75, 3.05) is 33.3 Å². The number of nitrogens with two attached hydrogens (primary N) is 2. The van der Waals surface area contributed by atoms with Gasteiger partial charge in [0.1, 0.15) is 0 Å². The molecule has 3 aromatic carbocycles. The average molecular weight is 530 g/mol. The summed E-state index contributed by atoms with van der Waals surface area (Å²) in [7, 11) is 1.74. The molecule has 0 unspecified atom stereocenters. The molecule has 0 atom stereocenters. The Morgan fingerprint density at radius 1 is 0.833 bits per heavy atom. The van der Waals surface area contributed by atoms with Gasteiger partial charge in [-0.25, -0.2) is 0 Å². The number of methoxy groups -OCH3 is 1. The molecular formula is C23H22Br2N4O+2. The Labute approximate surface area is 190 Å².